The first-order valence-electron chi connectivity index (χ1n) is 6.72. The van der Waals surface area contributed by atoms with Crippen LogP contribution < -0.4 is 10.0 Å². The smallest absolute Gasteiger partial charge is 0.251 e. The second-order valence-corrected chi connectivity index (χ2v) is 6.53. The largest absolute Gasteiger partial charge is 0.383 e. The summed E-state index contributed by atoms with van der Waals surface area (Å²) in [4.78, 5) is 12.0. The number of sulfonamides is 1. The molecule has 118 valence electrons. The van der Waals surface area contributed by atoms with E-state index < -0.39 is 10.0 Å². The maximum absolute atomic E-state index is 12.3. The van der Waals surface area contributed by atoms with Crippen LogP contribution in [0.4, 0.5) is 0 Å². The summed E-state index contributed by atoms with van der Waals surface area (Å²) < 4.78 is 31.9. The lowest BCUT2D eigenvalue weighted by Gasteiger charge is -2.14. The normalized spacial score (nSPS) is 13.0. The number of hydrogen-bond donors (Lipinski definition) is 2. The number of rotatable bonds is 7. The molecular formula is C14H22N2O4S. The number of carbonyl (C=O) groups excluding carboxylic acids is 1. The summed E-state index contributed by atoms with van der Waals surface area (Å²) in [5, 5.41) is 2.67. The van der Waals surface area contributed by atoms with Crippen molar-refractivity contribution in [2.45, 2.75) is 31.7 Å². The summed E-state index contributed by atoms with van der Waals surface area (Å²) in [6.07, 6.45) is 0. The molecule has 0 fully saturated rings. The average molecular weight is 314 g/mol. The first kappa shape index (κ1) is 17.6. The van der Waals surface area contributed by atoms with Crippen LogP contribution in [0, 0.1) is 6.92 Å². The van der Waals surface area contributed by atoms with Crippen LogP contribution in [0.15, 0.2) is 23.1 Å². The second-order valence-electron chi connectivity index (χ2n) is 4.81. The Hall–Kier alpha value is -1.44. The quantitative estimate of drug-likeness (QED) is 0.788. The number of aryl methyl sites for hydroxylation is 1. The number of methoxy groups -OCH3 is 1. The third kappa shape index (κ3) is 4.80. The van der Waals surface area contributed by atoms with Crippen molar-refractivity contribution in [3.05, 3.63) is 29.3 Å². The molecule has 0 unspecified atom stereocenters. The van der Waals surface area contributed by atoms with E-state index in [-0.39, 0.29) is 23.5 Å². The van der Waals surface area contributed by atoms with Crippen LogP contribution in [-0.2, 0) is 14.8 Å². The van der Waals surface area contributed by atoms with Crippen LogP contribution in [0.2, 0.25) is 0 Å². The monoisotopic (exact) mass is 314 g/mol. The molecule has 0 aliphatic carbocycles. The molecule has 0 saturated heterocycles. The minimum atomic E-state index is -3.68. The number of carbonyl (C=O) groups is 1. The summed E-state index contributed by atoms with van der Waals surface area (Å²) in [5.41, 5.74) is 1.09. The van der Waals surface area contributed by atoms with Gasteiger partial charge in [0.1, 0.15) is 0 Å². The van der Waals surface area contributed by atoms with Crippen LogP contribution in [-0.4, -0.2) is 40.6 Å². The predicted molar refractivity (Wildman–Crippen MR) is 80.8 cm³/mol. The minimum Gasteiger partial charge on any atom is -0.383 e. The van der Waals surface area contributed by atoms with Gasteiger partial charge in [-0.25, -0.2) is 13.1 Å². The minimum absolute atomic E-state index is 0.0670. The predicted octanol–water partition coefficient (Wildman–Crippen LogP) is 1.06. The Balaban J connectivity index is 3.08. The molecule has 6 nitrogen and oxygen atoms in total. The van der Waals surface area contributed by atoms with Crippen LogP contribution >= 0.6 is 0 Å². The Bertz CT molecular complexity index is 599. The molecule has 0 spiro atoms. The third-order valence-electron chi connectivity index (χ3n) is 2.87. The molecule has 2 N–H and O–H groups in total. The molecule has 1 aromatic carbocycles. The van der Waals surface area contributed by atoms with E-state index in [0.717, 1.165) is 5.56 Å². The van der Waals surface area contributed by atoms with Crippen molar-refractivity contribution < 1.29 is 17.9 Å². The van der Waals surface area contributed by atoms with Crippen molar-refractivity contribution in [2.24, 2.45) is 0 Å². The molecule has 1 aromatic rings. The molecule has 7 heteroatoms. The van der Waals surface area contributed by atoms with Crippen molar-refractivity contribution in [3.63, 3.8) is 0 Å². The zero-order chi connectivity index (χ0) is 16.0. The van der Waals surface area contributed by atoms with Gasteiger partial charge in [0.15, 0.2) is 0 Å². The Morgan fingerprint density at radius 2 is 2.05 bits per heavy atom. The zero-order valence-corrected chi connectivity index (χ0v) is 13.6. The van der Waals surface area contributed by atoms with Gasteiger partial charge in [-0.1, -0.05) is 6.07 Å². The highest BCUT2D eigenvalue weighted by Crippen LogP contribution is 2.16. The summed E-state index contributed by atoms with van der Waals surface area (Å²) in [6, 6.07) is 4.15. The maximum atomic E-state index is 12.3. The summed E-state index contributed by atoms with van der Waals surface area (Å²) in [5.74, 6) is -0.281. The van der Waals surface area contributed by atoms with Gasteiger partial charge in [-0.2, -0.15) is 0 Å². The lowest BCUT2D eigenvalue weighted by molar-refractivity contribution is 0.0955. The first-order valence-corrected chi connectivity index (χ1v) is 8.20. The molecule has 0 aliphatic heterocycles. The zero-order valence-electron chi connectivity index (χ0n) is 12.8. The van der Waals surface area contributed by atoms with Gasteiger partial charge < -0.3 is 10.1 Å². The van der Waals surface area contributed by atoms with Crippen molar-refractivity contribution in [3.8, 4) is 0 Å². The standard InChI is InChI=1S/C14H22N2O4S/c1-5-15-14(17)13-8-12(7-6-10(13)2)21(18,19)16-11(3)9-20-4/h6-8,11,16H,5,9H2,1-4H3,(H,15,17)/t11-/m1/s1. The fourth-order valence-corrected chi connectivity index (χ4v) is 3.14. The fraction of sp³-hybridized carbons (Fsp3) is 0.500. The summed E-state index contributed by atoms with van der Waals surface area (Å²) in [7, 11) is -2.18. The van der Waals surface area contributed by atoms with E-state index in [9.17, 15) is 13.2 Å². The Labute approximate surface area is 125 Å². The van der Waals surface area contributed by atoms with Crippen LogP contribution in [0.3, 0.4) is 0 Å². The van der Waals surface area contributed by atoms with Gasteiger partial charge in [0.25, 0.3) is 5.91 Å². The highest BCUT2D eigenvalue weighted by atomic mass is 32.2. The van der Waals surface area contributed by atoms with Gasteiger partial charge in [-0.15, -0.1) is 0 Å². The van der Waals surface area contributed by atoms with Crippen molar-refractivity contribution in [2.75, 3.05) is 20.3 Å². The summed E-state index contributed by atoms with van der Waals surface area (Å²) in [6.45, 7) is 6.04. The number of ether oxygens (including phenoxy) is 1. The first-order chi connectivity index (χ1) is 9.81. The van der Waals surface area contributed by atoms with Gasteiger partial charge in [-0.3, -0.25) is 4.79 Å². The number of amides is 1. The fourth-order valence-electron chi connectivity index (χ4n) is 1.89. The van der Waals surface area contributed by atoms with Gasteiger partial charge in [0.2, 0.25) is 10.0 Å². The highest BCUT2D eigenvalue weighted by molar-refractivity contribution is 7.89. The molecule has 0 aromatic heterocycles. The van der Waals surface area contributed by atoms with Crippen molar-refractivity contribution >= 4 is 15.9 Å². The van der Waals surface area contributed by atoms with Gasteiger partial charge in [0, 0.05) is 25.3 Å². The Kier molecular flexibility index (Phi) is 6.32. The average Bonchev–Trinajstić information content (AvgIpc) is 2.38. The summed E-state index contributed by atoms with van der Waals surface area (Å²) >= 11 is 0. The van der Waals surface area contributed by atoms with E-state index in [1.807, 2.05) is 6.92 Å². The lowest BCUT2D eigenvalue weighted by Crippen LogP contribution is -2.35. The Morgan fingerprint density at radius 3 is 2.62 bits per heavy atom. The van der Waals surface area contributed by atoms with E-state index in [0.29, 0.717) is 12.1 Å². The molecule has 1 amide bonds. The van der Waals surface area contributed by atoms with Gasteiger partial charge >= 0.3 is 0 Å². The molecule has 0 bridgehead atoms. The number of nitrogens with one attached hydrogen (secondary N) is 2. The van der Waals surface area contributed by atoms with E-state index in [1.165, 1.54) is 19.2 Å². The molecular weight excluding hydrogens is 292 g/mol. The van der Waals surface area contributed by atoms with E-state index >= 15 is 0 Å². The van der Waals surface area contributed by atoms with Gasteiger partial charge in [-0.05, 0) is 38.5 Å². The van der Waals surface area contributed by atoms with Crippen molar-refractivity contribution in [1.82, 2.24) is 10.0 Å². The van der Waals surface area contributed by atoms with Crippen LogP contribution in [0.1, 0.15) is 29.8 Å². The third-order valence-corrected chi connectivity index (χ3v) is 4.46. The van der Waals surface area contributed by atoms with Crippen LogP contribution in [0.5, 0.6) is 0 Å². The van der Waals surface area contributed by atoms with E-state index in [2.05, 4.69) is 10.0 Å². The maximum Gasteiger partial charge on any atom is 0.251 e. The molecule has 0 radical (unpaired) electrons. The van der Waals surface area contributed by atoms with E-state index in [4.69, 9.17) is 4.74 Å². The molecule has 1 rings (SSSR count). The van der Waals surface area contributed by atoms with E-state index in [1.54, 1.807) is 19.9 Å². The molecule has 0 heterocycles. The number of hydrogen-bond acceptors (Lipinski definition) is 4. The Morgan fingerprint density at radius 1 is 1.38 bits per heavy atom. The molecule has 1 atom stereocenters. The SMILES string of the molecule is CCNC(=O)c1cc(S(=O)(=O)N[C@H](C)COC)ccc1C. The molecule has 0 saturated carbocycles. The highest BCUT2D eigenvalue weighted by Gasteiger charge is 2.19. The van der Waals surface area contributed by atoms with Crippen LogP contribution in [0.25, 0.3) is 0 Å². The lowest BCUT2D eigenvalue weighted by atomic mass is 10.1. The van der Waals surface area contributed by atoms with Crippen molar-refractivity contribution in [1.29, 1.82) is 0 Å². The second kappa shape index (κ2) is 7.53. The van der Waals surface area contributed by atoms with Gasteiger partial charge in [0.05, 0.1) is 11.5 Å². The molecule has 0 aliphatic rings. The molecule has 21 heavy (non-hydrogen) atoms. The topological polar surface area (TPSA) is 84.5 Å². The number of benzene rings is 1.